The number of hydrogen-bond donors (Lipinski definition) is 2. The second-order valence-electron chi connectivity index (χ2n) is 12.6. The minimum Gasteiger partial charge on any atom is -0.462 e. The molecule has 0 spiro atoms. The zero-order chi connectivity index (χ0) is 31.7. The van der Waals surface area contributed by atoms with Crippen LogP contribution in [-0.4, -0.2) is 38.3 Å². The van der Waals surface area contributed by atoms with Crippen molar-refractivity contribution >= 4 is 34.8 Å². The third-order valence-electron chi connectivity index (χ3n) is 7.82. The summed E-state index contributed by atoms with van der Waals surface area (Å²) in [5.41, 5.74) is 4.48. The van der Waals surface area contributed by atoms with Crippen molar-refractivity contribution in [2.45, 2.75) is 104 Å². The smallest absolute Gasteiger partial charge is 0.338 e. The number of H-pyrrole nitrogens is 1. The zero-order valence-corrected chi connectivity index (χ0v) is 27.5. The molecule has 8 nitrogen and oxygen atoms in total. The van der Waals surface area contributed by atoms with Gasteiger partial charge < -0.3 is 15.0 Å². The lowest BCUT2D eigenvalue weighted by Gasteiger charge is -2.14. The highest BCUT2D eigenvalue weighted by Crippen LogP contribution is 2.33. The highest BCUT2D eigenvalue weighted by Gasteiger charge is 2.25. The van der Waals surface area contributed by atoms with Gasteiger partial charge in [-0.3, -0.25) is 4.79 Å². The van der Waals surface area contributed by atoms with Crippen LogP contribution in [-0.2, 0) is 10.2 Å². The molecular formula is C35H46ClN5O3. The number of ether oxygens (including phenoxy) is 1. The van der Waals surface area contributed by atoms with Gasteiger partial charge in [-0.05, 0) is 55.3 Å². The Bertz CT molecular complexity index is 1550. The summed E-state index contributed by atoms with van der Waals surface area (Å²) in [4.78, 5) is 28.8. The summed E-state index contributed by atoms with van der Waals surface area (Å²) in [6.07, 6.45) is 12.3. The number of fused-ring (bicyclic) bond motifs is 1. The number of aromatic nitrogens is 4. The Morgan fingerprint density at radius 3 is 2.11 bits per heavy atom. The van der Waals surface area contributed by atoms with Gasteiger partial charge in [0.2, 0.25) is 0 Å². The van der Waals surface area contributed by atoms with Gasteiger partial charge in [-0.1, -0.05) is 103 Å². The number of anilines is 1. The fourth-order valence-corrected chi connectivity index (χ4v) is 5.60. The molecule has 0 fully saturated rings. The average Bonchev–Trinajstić information content (AvgIpc) is 3.56. The normalized spacial score (nSPS) is 11.7. The van der Waals surface area contributed by atoms with E-state index in [1.165, 1.54) is 56.0 Å². The van der Waals surface area contributed by atoms with Crippen LogP contribution in [0.5, 0.6) is 0 Å². The first-order chi connectivity index (χ1) is 21.1. The number of carbonyl (C=O) groups is 2. The number of aromatic amines is 1. The van der Waals surface area contributed by atoms with Crippen LogP contribution in [0.15, 0.2) is 42.5 Å². The summed E-state index contributed by atoms with van der Waals surface area (Å²) in [7, 11) is 0. The van der Waals surface area contributed by atoms with Crippen molar-refractivity contribution in [1.29, 1.82) is 0 Å². The molecule has 9 heteroatoms. The molecule has 236 valence electrons. The lowest BCUT2D eigenvalue weighted by molar-refractivity contribution is 0.0497. The number of benzene rings is 2. The number of aryl methyl sites for hydroxylation is 1. The van der Waals surface area contributed by atoms with Gasteiger partial charge in [0.25, 0.3) is 5.91 Å². The first-order valence-electron chi connectivity index (χ1n) is 15.9. The minimum absolute atomic E-state index is 0.211. The molecule has 0 unspecified atom stereocenters. The van der Waals surface area contributed by atoms with E-state index in [2.05, 4.69) is 48.2 Å². The third kappa shape index (κ3) is 8.72. The van der Waals surface area contributed by atoms with E-state index in [9.17, 15) is 9.59 Å². The summed E-state index contributed by atoms with van der Waals surface area (Å²) >= 11 is 6.61. The second kappa shape index (κ2) is 15.4. The molecule has 4 rings (SSSR count). The van der Waals surface area contributed by atoms with E-state index in [-0.39, 0.29) is 17.3 Å². The molecule has 0 radical (unpaired) electrons. The fraction of sp³-hybridized carbons (Fsp3) is 0.486. The molecule has 2 aromatic heterocycles. The van der Waals surface area contributed by atoms with Crippen molar-refractivity contribution in [2.24, 2.45) is 0 Å². The van der Waals surface area contributed by atoms with Gasteiger partial charge in [0.05, 0.1) is 17.9 Å². The van der Waals surface area contributed by atoms with E-state index in [1.54, 1.807) is 24.3 Å². The molecule has 2 N–H and O–H groups in total. The predicted molar refractivity (Wildman–Crippen MR) is 178 cm³/mol. The molecule has 1 amide bonds. The number of esters is 1. The molecular weight excluding hydrogens is 574 g/mol. The van der Waals surface area contributed by atoms with E-state index in [0.717, 1.165) is 29.7 Å². The van der Waals surface area contributed by atoms with Crippen molar-refractivity contribution in [2.75, 3.05) is 11.9 Å². The molecule has 4 aromatic rings. The number of halogens is 1. The van der Waals surface area contributed by atoms with E-state index in [4.69, 9.17) is 16.3 Å². The SMILES string of the molecule is CCCCCCCCCCCCOC(=O)c1ccc(C(=O)Nc2ccc(C)c(-c3nn4nc(C(C)(C)C)c(Cl)c4[nH]3)c2)cc1. The molecule has 2 aromatic carbocycles. The van der Waals surface area contributed by atoms with E-state index in [0.29, 0.717) is 39.9 Å². The number of carbonyl (C=O) groups excluding carboxylic acids is 2. The van der Waals surface area contributed by atoms with Crippen molar-refractivity contribution in [3.8, 4) is 11.4 Å². The monoisotopic (exact) mass is 619 g/mol. The molecule has 0 bridgehead atoms. The Balaban J connectivity index is 1.27. The molecule has 0 aliphatic heterocycles. The maximum absolute atomic E-state index is 13.0. The van der Waals surface area contributed by atoms with Gasteiger partial charge in [-0.15, -0.1) is 9.73 Å². The van der Waals surface area contributed by atoms with E-state index < -0.39 is 0 Å². The fourth-order valence-electron chi connectivity index (χ4n) is 5.15. The molecule has 0 atom stereocenters. The van der Waals surface area contributed by atoms with Crippen LogP contribution in [0.3, 0.4) is 0 Å². The van der Waals surface area contributed by atoms with Crippen LogP contribution in [0.4, 0.5) is 5.69 Å². The number of nitrogens with one attached hydrogen (secondary N) is 2. The Hall–Kier alpha value is -3.65. The highest BCUT2D eigenvalue weighted by molar-refractivity contribution is 6.34. The lowest BCUT2D eigenvalue weighted by atomic mass is 9.92. The maximum Gasteiger partial charge on any atom is 0.338 e. The highest BCUT2D eigenvalue weighted by atomic mass is 35.5. The molecule has 2 heterocycles. The van der Waals surface area contributed by atoms with Gasteiger partial charge in [0, 0.05) is 22.2 Å². The number of nitrogens with zero attached hydrogens (tertiary/aromatic N) is 3. The van der Waals surface area contributed by atoms with E-state index in [1.807, 2.05) is 25.1 Å². The van der Waals surface area contributed by atoms with Gasteiger partial charge in [0.1, 0.15) is 5.02 Å². The first-order valence-corrected chi connectivity index (χ1v) is 16.3. The Labute approximate surface area is 265 Å². The summed E-state index contributed by atoms with van der Waals surface area (Å²) < 4.78 is 6.97. The maximum atomic E-state index is 13.0. The first kappa shape index (κ1) is 33.2. The number of unbranched alkanes of at least 4 members (excludes halogenated alkanes) is 9. The van der Waals surface area contributed by atoms with E-state index >= 15 is 0 Å². The third-order valence-corrected chi connectivity index (χ3v) is 8.17. The Morgan fingerprint density at radius 1 is 0.886 bits per heavy atom. The zero-order valence-electron chi connectivity index (χ0n) is 26.8. The van der Waals surface area contributed by atoms with Crippen molar-refractivity contribution in [3.63, 3.8) is 0 Å². The van der Waals surface area contributed by atoms with Crippen molar-refractivity contribution in [3.05, 3.63) is 69.9 Å². The Kier molecular flexibility index (Phi) is 11.6. The Morgan fingerprint density at radius 2 is 1.50 bits per heavy atom. The van der Waals surface area contributed by atoms with Crippen LogP contribution in [0.1, 0.15) is 124 Å². The lowest BCUT2D eigenvalue weighted by Crippen LogP contribution is -2.13. The molecule has 0 saturated heterocycles. The predicted octanol–water partition coefficient (Wildman–Crippen LogP) is 9.31. The quantitative estimate of drug-likeness (QED) is 0.102. The van der Waals surface area contributed by atoms with Crippen LogP contribution < -0.4 is 5.32 Å². The van der Waals surface area contributed by atoms with Crippen LogP contribution in [0.2, 0.25) is 5.02 Å². The van der Waals surface area contributed by atoms with Gasteiger partial charge >= 0.3 is 5.97 Å². The van der Waals surface area contributed by atoms with Crippen LogP contribution in [0, 0.1) is 6.92 Å². The minimum atomic E-state index is -0.365. The number of rotatable bonds is 15. The summed E-state index contributed by atoms with van der Waals surface area (Å²) in [5.74, 6) is -0.0445. The van der Waals surface area contributed by atoms with Crippen LogP contribution >= 0.6 is 11.6 Å². The second-order valence-corrected chi connectivity index (χ2v) is 13.0. The largest absolute Gasteiger partial charge is 0.462 e. The molecule has 0 saturated carbocycles. The van der Waals surface area contributed by atoms with Crippen molar-refractivity contribution in [1.82, 2.24) is 19.8 Å². The standard InChI is InChI=1S/C35H46ClN5O3/c1-6-7-8-9-10-11-12-13-14-15-22-44-34(43)26-19-17-25(18-20-26)33(42)37-27-21-16-24(2)28(23-27)31-38-32-29(36)30(35(3,4)5)39-41(32)40-31/h16-21,23H,6-15,22H2,1-5H3,(H,37,42)(H,38,40). The van der Waals surface area contributed by atoms with Crippen LogP contribution in [0.25, 0.3) is 17.0 Å². The van der Waals surface area contributed by atoms with Gasteiger partial charge in [-0.25, -0.2) is 4.79 Å². The summed E-state index contributed by atoms with van der Waals surface area (Å²) in [6, 6.07) is 12.2. The number of hydrogen-bond acceptors (Lipinski definition) is 5. The van der Waals surface area contributed by atoms with Gasteiger partial charge in [0.15, 0.2) is 11.5 Å². The molecule has 44 heavy (non-hydrogen) atoms. The number of amides is 1. The molecule has 0 aliphatic carbocycles. The van der Waals surface area contributed by atoms with Gasteiger partial charge in [-0.2, -0.15) is 5.10 Å². The van der Waals surface area contributed by atoms with Crippen molar-refractivity contribution < 1.29 is 14.3 Å². The average molecular weight is 620 g/mol. The summed E-state index contributed by atoms with van der Waals surface area (Å²) in [5, 5.41) is 12.7. The molecule has 0 aliphatic rings. The topological polar surface area (TPSA) is 101 Å². The summed E-state index contributed by atoms with van der Waals surface area (Å²) in [6.45, 7) is 10.8.